The lowest BCUT2D eigenvalue weighted by Crippen LogP contribution is -2.50. The van der Waals surface area contributed by atoms with Gasteiger partial charge in [-0.2, -0.15) is 0 Å². The van der Waals surface area contributed by atoms with E-state index in [-0.39, 0.29) is 17.7 Å². The Morgan fingerprint density at radius 1 is 1.26 bits per heavy atom. The van der Waals surface area contributed by atoms with Crippen molar-refractivity contribution in [3.8, 4) is 0 Å². The minimum atomic E-state index is -0.483. The third-order valence-corrected chi connectivity index (χ3v) is 3.68. The molecule has 3 atom stereocenters. The number of likely N-dealkylation sites (tertiary alicyclic amines) is 1. The van der Waals surface area contributed by atoms with E-state index in [2.05, 4.69) is 4.90 Å². The van der Waals surface area contributed by atoms with E-state index < -0.39 is 6.10 Å². The fraction of sp³-hybridized carbons (Fsp3) is 1.00. The molecule has 0 amide bonds. The molecule has 0 aliphatic carbocycles. The second-order valence-corrected chi connectivity index (χ2v) is 6.61. The van der Waals surface area contributed by atoms with Crippen LogP contribution in [-0.4, -0.2) is 58.7 Å². The van der Waals surface area contributed by atoms with E-state index in [0.717, 1.165) is 25.8 Å². The van der Waals surface area contributed by atoms with Crippen LogP contribution < -0.4 is 0 Å². The average molecular weight is 273 g/mol. The maximum Gasteiger partial charge on any atom is 0.0900 e. The van der Waals surface area contributed by atoms with Crippen molar-refractivity contribution in [3.05, 3.63) is 0 Å². The van der Waals surface area contributed by atoms with Crippen molar-refractivity contribution in [2.24, 2.45) is 0 Å². The molecular formula is C15H31NO3. The fourth-order valence-electron chi connectivity index (χ4n) is 2.62. The Morgan fingerprint density at radius 3 is 2.53 bits per heavy atom. The van der Waals surface area contributed by atoms with Gasteiger partial charge < -0.3 is 14.9 Å². The van der Waals surface area contributed by atoms with Crippen LogP contribution in [0.5, 0.6) is 0 Å². The minimum Gasteiger partial charge on any atom is -0.392 e. The quantitative estimate of drug-likeness (QED) is 0.774. The fourth-order valence-corrected chi connectivity index (χ4v) is 2.62. The first kappa shape index (κ1) is 16.9. The molecule has 0 spiro atoms. The molecule has 114 valence electrons. The van der Waals surface area contributed by atoms with Crippen LogP contribution in [-0.2, 0) is 4.74 Å². The minimum absolute atomic E-state index is 0.197. The van der Waals surface area contributed by atoms with E-state index in [9.17, 15) is 10.2 Å². The molecule has 1 heterocycles. The number of β-amino-alcohol motifs (C(OH)–C–C–N with tert-alkyl or cyclic N) is 1. The number of hydrogen-bond acceptors (Lipinski definition) is 4. The van der Waals surface area contributed by atoms with E-state index in [0.29, 0.717) is 13.2 Å². The molecule has 0 saturated carbocycles. The third-order valence-electron chi connectivity index (χ3n) is 3.68. The summed E-state index contributed by atoms with van der Waals surface area (Å²) < 4.78 is 5.62. The summed E-state index contributed by atoms with van der Waals surface area (Å²) in [5.74, 6) is 0. The van der Waals surface area contributed by atoms with Crippen molar-refractivity contribution in [1.82, 2.24) is 4.90 Å². The Bertz CT molecular complexity index is 252. The molecule has 0 aromatic heterocycles. The van der Waals surface area contributed by atoms with Gasteiger partial charge in [0.2, 0.25) is 0 Å². The summed E-state index contributed by atoms with van der Waals surface area (Å²) in [7, 11) is 0. The normalized spacial score (nSPS) is 25.3. The van der Waals surface area contributed by atoms with E-state index in [1.165, 1.54) is 6.42 Å². The molecular weight excluding hydrogens is 242 g/mol. The summed E-state index contributed by atoms with van der Waals surface area (Å²) in [6, 6.07) is 0.197. The zero-order valence-electron chi connectivity index (χ0n) is 12.9. The number of ether oxygens (including phenoxy) is 1. The first-order chi connectivity index (χ1) is 8.83. The molecule has 4 nitrogen and oxygen atoms in total. The number of aliphatic hydroxyl groups excluding tert-OH is 2. The summed E-state index contributed by atoms with van der Waals surface area (Å²) >= 11 is 0. The number of aliphatic hydroxyl groups is 2. The van der Waals surface area contributed by atoms with Gasteiger partial charge in [-0.15, -0.1) is 0 Å². The van der Waals surface area contributed by atoms with Crippen LogP contribution in [0.15, 0.2) is 0 Å². The maximum atomic E-state index is 10.1. The van der Waals surface area contributed by atoms with Crippen LogP contribution in [0, 0.1) is 0 Å². The van der Waals surface area contributed by atoms with Crippen LogP contribution in [0.2, 0.25) is 0 Å². The zero-order valence-corrected chi connectivity index (χ0v) is 12.9. The first-order valence-electron chi connectivity index (χ1n) is 7.57. The van der Waals surface area contributed by atoms with Crippen LogP contribution in [0.1, 0.15) is 53.4 Å². The molecule has 1 saturated heterocycles. The van der Waals surface area contributed by atoms with Gasteiger partial charge in [-0.1, -0.05) is 13.3 Å². The lowest BCUT2D eigenvalue weighted by atomic mass is 9.95. The molecule has 0 aromatic carbocycles. The molecule has 3 unspecified atom stereocenters. The predicted molar refractivity (Wildman–Crippen MR) is 77.2 cm³/mol. The third kappa shape index (κ3) is 6.21. The molecule has 0 bridgehead atoms. The van der Waals surface area contributed by atoms with Gasteiger partial charge in [0, 0.05) is 12.6 Å². The second kappa shape index (κ2) is 7.58. The van der Waals surface area contributed by atoms with Gasteiger partial charge >= 0.3 is 0 Å². The Kier molecular flexibility index (Phi) is 6.74. The van der Waals surface area contributed by atoms with Gasteiger partial charge in [0.25, 0.3) is 0 Å². The number of hydrogen-bond donors (Lipinski definition) is 2. The molecule has 19 heavy (non-hydrogen) atoms. The van der Waals surface area contributed by atoms with Gasteiger partial charge in [-0.25, -0.2) is 0 Å². The maximum absolute atomic E-state index is 10.1. The summed E-state index contributed by atoms with van der Waals surface area (Å²) in [5.41, 5.74) is -0.217. The second-order valence-electron chi connectivity index (χ2n) is 6.61. The van der Waals surface area contributed by atoms with E-state index >= 15 is 0 Å². The predicted octanol–water partition coefficient (Wildman–Crippen LogP) is 1.79. The van der Waals surface area contributed by atoms with Gasteiger partial charge in [-0.05, 0) is 46.6 Å². The Labute approximate surface area is 117 Å². The van der Waals surface area contributed by atoms with Crippen LogP contribution >= 0.6 is 0 Å². The van der Waals surface area contributed by atoms with Crippen LogP contribution in [0.4, 0.5) is 0 Å². The molecule has 1 fully saturated rings. The summed E-state index contributed by atoms with van der Waals surface area (Å²) in [6.07, 6.45) is 3.37. The van der Waals surface area contributed by atoms with Crippen molar-refractivity contribution in [1.29, 1.82) is 0 Å². The van der Waals surface area contributed by atoms with Crippen molar-refractivity contribution in [2.45, 2.75) is 77.2 Å². The molecule has 0 aromatic rings. The van der Waals surface area contributed by atoms with Crippen LogP contribution in [0.25, 0.3) is 0 Å². The van der Waals surface area contributed by atoms with Crippen molar-refractivity contribution >= 4 is 0 Å². The smallest absolute Gasteiger partial charge is 0.0900 e. The monoisotopic (exact) mass is 273 g/mol. The SMILES string of the molecule is CCC(O)C1CCCCN1CC(O)COC(C)(C)C. The lowest BCUT2D eigenvalue weighted by molar-refractivity contribution is -0.0681. The molecule has 1 rings (SSSR count). The van der Waals surface area contributed by atoms with Crippen molar-refractivity contribution in [3.63, 3.8) is 0 Å². The van der Waals surface area contributed by atoms with Crippen molar-refractivity contribution in [2.75, 3.05) is 19.7 Å². The Hall–Kier alpha value is -0.160. The highest BCUT2D eigenvalue weighted by Gasteiger charge is 2.29. The summed E-state index contributed by atoms with van der Waals surface area (Å²) in [4.78, 5) is 2.23. The van der Waals surface area contributed by atoms with Gasteiger partial charge in [0.1, 0.15) is 0 Å². The van der Waals surface area contributed by atoms with Crippen LogP contribution in [0.3, 0.4) is 0 Å². The largest absolute Gasteiger partial charge is 0.392 e. The highest BCUT2D eigenvalue weighted by atomic mass is 16.5. The van der Waals surface area contributed by atoms with Gasteiger partial charge in [-0.3, -0.25) is 4.90 Å². The number of piperidine rings is 1. The highest BCUT2D eigenvalue weighted by molar-refractivity contribution is 4.83. The Balaban J connectivity index is 2.43. The average Bonchev–Trinajstić information content (AvgIpc) is 2.35. The van der Waals surface area contributed by atoms with Gasteiger partial charge in [0.05, 0.1) is 24.4 Å². The zero-order chi connectivity index (χ0) is 14.5. The number of nitrogens with zero attached hydrogens (tertiary/aromatic N) is 1. The molecule has 2 N–H and O–H groups in total. The molecule has 0 radical (unpaired) electrons. The lowest BCUT2D eigenvalue weighted by Gasteiger charge is -2.39. The van der Waals surface area contributed by atoms with Gasteiger partial charge in [0.15, 0.2) is 0 Å². The summed E-state index contributed by atoms with van der Waals surface area (Å²) in [6.45, 7) is 9.90. The standard InChI is InChI=1S/C15H31NO3/c1-5-14(18)13-8-6-7-9-16(13)10-12(17)11-19-15(2,3)4/h12-14,17-18H,5-11H2,1-4H3. The summed E-state index contributed by atoms with van der Waals surface area (Å²) in [5, 5.41) is 20.2. The molecule has 1 aliphatic heterocycles. The van der Waals surface area contributed by atoms with E-state index in [1.54, 1.807) is 0 Å². The molecule has 1 aliphatic rings. The van der Waals surface area contributed by atoms with E-state index in [1.807, 2.05) is 27.7 Å². The first-order valence-corrected chi connectivity index (χ1v) is 7.57. The van der Waals surface area contributed by atoms with E-state index in [4.69, 9.17) is 4.74 Å². The Morgan fingerprint density at radius 2 is 1.95 bits per heavy atom. The van der Waals surface area contributed by atoms with Crippen molar-refractivity contribution < 1.29 is 14.9 Å². The highest BCUT2D eigenvalue weighted by Crippen LogP contribution is 2.21. The number of rotatable bonds is 6. The topological polar surface area (TPSA) is 52.9 Å². The molecule has 4 heteroatoms.